The minimum atomic E-state index is -0.441. The molecule has 112 valence electrons. The van der Waals surface area contributed by atoms with E-state index in [1.807, 2.05) is 19.1 Å². The molecule has 6 nitrogen and oxygen atoms in total. The highest BCUT2D eigenvalue weighted by Gasteiger charge is 2.19. The van der Waals surface area contributed by atoms with Crippen molar-refractivity contribution in [3.05, 3.63) is 44.1 Å². The second kappa shape index (κ2) is 6.45. The van der Waals surface area contributed by atoms with Crippen molar-refractivity contribution in [2.24, 2.45) is 0 Å². The molecular weight excluding hydrogens is 292 g/mol. The molecule has 0 bridgehead atoms. The van der Waals surface area contributed by atoms with E-state index in [1.54, 1.807) is 17.4 Å². The number of nitrogens with zero attached hydrogens (tertiary/aromatic N) is 1. The monoisotopic (exact) mass is 308 g/mol. The molecule has 0 atom stereocenters. The van der Waals surface area contributed by atoms with E-state index in [0.717, 1.165) is 4.88 Å². The molecule has 2 rings (SSSR count). The molecule has 0 amide bonds. The molecule has 0 aliphatic carbocycles. The van der Waals surface area contributed by atoms with Gasteiger partial charge in [0.1, 0.15) is 5.69 Å². The van der Waals surface area contributed by atoms with E-state index in [4.69, 9.17) is 9.47 Å². The van der Waals surface area contributed by atoms with Gasteiger partial charge in [-0.2, -0.15) is 0 Å². The lowest BCUT2D eigenvalue weighted by Crippen LogP contribution is -2.03. The number of nitro groups is 1. The van der Waals surface area contributed by atoms with Crippen molar-refractivity contribution in [1.29, 1.82) is 0 Å². The summed E-state index contributed by atoms with van der Waals surface area (Å²) in [6, 6.07) is 6.96. The average Bonchev–Trinajstić information content (AvgIpc) is 2.89. The van der Waals surface area contributed by atoms with Gasteiger partial charge in [0, 0.05) is 22.4 Å². The Bertz CT molecular complexity index is 654. The number of hydrogen-bond acceptors (Lipinski definition) is 6. The van der Waals surface area contributed by atoms with Crippen LogP contribution in [-0.4, -0.2) is 19.1 Å². The van der Waals surface area contributed by atoms with Gasteiger partial charge >= 0.3 is 0 Å². The zero-order valence-electron chi connectivity index (χ0n) is 12.0. The number of nitrogens with one attached hydrogen (secondary N) is 1. The molecule has 21 heavy (non-hydrogen) atoms. The molecule has 1 heterocycles. The Labute approximate surface area is 126 Å². The maximum absolute atomic E-state index is 11.2. The molecule has 1 N–H and O–H groups in total. The first-order chi connectivity index (χ1) is 10.0. The molecule has 0 fully saturated rings. The van der Waals surface area contributed by atoms with Crippen LogP contribution in [0.2, 0.25) is 0 Å². The van der Waals surface area contributed by atoms with Crippen molar-refractivity contribution in [1.82, 2.24) is 0 Å². The highest BCUT2D eigenvalue weighted by Crippen LogP contribution is 2.37. The van der Waals surface area contributed by atoms with Crippen molar-refractivity contribution < 1.29 is 14.4 Å². The fourth-order valence-electron chi connectivity index (χ4n) is 1.92. The molecule has 0 aliphatic heterocycles. The molecule has 0 aliphatic rings. The Balaban J connectivity index is 2.29. The van der Waals surface area contributed by atoms with E-state index in [2.05, 4.69) is 5.32 Å². The first-order valence-electron chi connectivity index (χ1n) is 6.24. The van der Waals surface area contributed by atoms with Crippen LogP contribution in [0.4, 0.5) is 11.4 Å². The van der Waals surface area contributed by atoms with Crippen LogP contribution in [0.1, 0.15) is 9.75 Å². The average molecular weight is 308 g/mol. The zero-order valence-corrected chi connectivity index (χ0v) is 12.8. The summed E-state index contributed by atoms with van der Waals surface area (Å²) in [5.41, 5.74) is 0.365. The van der Waals surface area contributed by atoms with Crippen LogP contribution in [0, 0.1) is 17.0 Å². The van der Waals surface area contributed by atoms with Gasteiger partial charge in [0.2, 0.25) is 0 Å². The Hall–Kier alpha value is -2.28. The van der Waals surface area contributed by atoms with Crippen molar-refractivity contribution in [2.75, 3.05) is 19.5 Å². The molecule has 0 radical (unpaired) electrons. The molecule has 1 aromatic carbocycles. The van der Waals surface area contributed by atoms with Crippen LogP contribution in [0.5, 0.6) is 11.5 Å². The smallest absolute Gasteiger partial charge is 0.296 e. The third kappa shape index (κ3) is 3.43. The minimum Gasteiger partial charge on any atom is -0.493 e. The fourth-order valence-corrected chi connectivity index (χ4v) is 2.75. The summed E-state index contributed by atoms with van der Waals surface area (Å²) < 4.78 is 10.3. The van der Waals surface area contributed by atoms with Gasteiger partial charge in [-0.05, 0) is 19.1 Å². The summed E-state index contributed by atoms with van der Waals surface area (Å²) in [5, 5.41) is 14.3. The van der Waals surface area contributed by atoms with Gasteiger partial charge in [0.25, 0.3) is 5.69 Å². The Morgan fingerprint density at radius 3 is 2.43 bits per heavy atom. The molecule has 0 spiro atoms. The van der Waals surface area contributed by atoms with E-state index in [0.29, 0.717) is 23.7 Å². The van der Waals surface area contributed by atoms with E-state index >= 15 is 0 Å². The van der Waals surface area contributed by atoms with Crippen LogP contribution in [0.25, 0.3) is 0 Å². The normalized spacial score (nSPS) is 10.2. The first-order valence-corrected chi connectivity index (χ1v) is 7.06. The lowest BCUT2D eigenvalue weighted by atomic mass is 10.2. The molecule has 0 saturated carbocycles. The molecule has 0 unspecified atom stereocenters. The third-order valence-electron chi connectivity index (χ3n) is 2.95. The topological polar surface area (TPSA) is 73.6 Å². The number of nitro benzene ring substituents is 1. The van der Waals surface area contributed by atoms with E-state index in [-0.39, 0.29) is 5.69 Å². The number of thiophene rings is 1. The van der Waals surface area contributed by atoms with Gasteiger partial charge in [0.15, 0.2) is 11.5 Å². The predicted molar refractivity (Wildman–Crippen MR) is 82.6 cm³/mol. The Kier molecular flexibility index (Phi) is 4.64. The van der Waals surface area contributed by atoms with Crippen LogP contribution in [0.3, 0.4) is 0 Å². The second-order valence-corrected chi connectivity index (χ2v) is 5.72. The van der Waals surface area contributed by atoms with Gasteiger partial charge in [-0.15, -0.1) is 11.3 Å². The highest BCUT2D eigenvalue weighted by atomic mass is 32.1. The van der Waals surface area contributed by atoms with Crippen molar-refractivity contribution in [3.8, 4) is 11.5 Å². The largest absolute Gasteiger partial charge is 0.493 e. The Morgan fingerprint density at radius 2 is 1.90 bits per heavy atom. The highest BCUT2D eigenvalue weighted by molar-refractivity contribution is 7.11. The maximum atomic E-state index is 11.2. The predicted octanol–water partition coefficient (Wildman–Crippen LogP) is 3.59. The maximum Gasteiger partial charge on any atom is 0.296 e. The molecule has 2 aromatic rings. The number of benzene rings is 1. The van der Waals surface area contributed by atoms with E-state index in [1.165, 1.54) is 25.2 Å². The number of hydrogen-bond donors (Lipinski definition) is 1. The second-order valence-electron chi connectivity index (χ2n) is 4.35. The fraction of sp³-hybridized carbons (Fsp3) is 0.286. The lowest BCUT2D eigenvalue weighted by molar-refractivity contribution is -0.384. The number of rotatable bonds is 6. The van der Waals surface area contributed by atoms with Crippen molar-refractivity contribution in [2.45, 2.75) is 13.5 Å². The van der Waals surface area contributed by atoms with Crippen LogP contribution in [0.15, 0.2) is 24.3 Å². The van der Waals surface area contributed by atoms with Crippen LogP contribution >= 0.6 is 11.3 Å². The molecule has 1 aromatic heterocycles. The summed E-state index contributed by atoms with van der Waals surface area (Å²) in [4.78, 5) is 13.0. The number of anilines is 1. The molecule has 0 saturated heterocycles. The quantitative estimate of drug-likeness (QED) is 0.652. The standard InChI is InChI=1S/C14H16N2O4S/c1-9-4-5-10(21-9)8-15-11-6-13(19-2)14(20-3)7-12(11)16(17)18/h4-7,15H,8H2,1-3H3. The van der Waals surface area contributed by atoms with Gasteiger partial charge < -0.3 is 14.8 Å². The Morgan fingerprint density at radius 1 is 1.24 bits per heavy atom. The SMILES string of the molecule is COc1cc(NCc2ccc(C)s2)c([N+](=O)[O-])cc1OC. The summed E-state index contributed by atoms with van der Waals surface area (Å²) in [7, 11) is 2.94. The number of ether oxygens (including phenoxy) is 2. The van der Waals surface area contributed by atoms with Gasteiger partial charge in [-0.1, -0.05) is 0 Å². The van der Waals surface area contributed by atoms with Crippen molar-refractivity contribution in [3.63, 3.8) is 0 Å². The molecular formula is C14H16N2O4S. The number of methoxy groups -OCH3 is 2. The van der Waals surface area contributed by atoms with E-state index < -0.39 is 4.92 Å². The first kappa shape index (κ1) is 15.1. The van der Waals surface area contributed by atoms with E-state index in [9.17, 15) is 10.1 Å². The van der Waals surface area contributed by atoms with Gasteiger partial charge in [0.05, 0.1) is 25.2 Å². The van der Waals surface area contributed by atoms with Crippen molar-refractivity contribution >= 4 is 22.7 Å². The number of aryl methyl sites for hydroxylation is 1. The summed E-state index contributed by atoms with van der Waals surface area (Å²) in [6.45, 7) is 2.54. The summed E-state index contributed by atoms with van der Waals surface area (Å²) in [6.07, 6.45) is 0. The third-order valence-corrected chi connectivity index (χ3v) is 3.95. The van der Waals surface area contributed by atoms with Crippen LogP contribution < -0.4 is 14.8 Å². The zero-order chi connectivity index (χ0) is 15.4. The minimum absolute atomic E-state index is 0.0408. The summed E-state index contributed by atoms with van der Waals surface area (Å²) in [5.74, 6) is 0.787. The summed E-state index contributed by atoms with van der Waals surface area (Å²) >= 11 is 1.65. The lowest BCUT2D eigenvalue weighted by Gasteiger charge is -2.11. The van der Waals surface area contributed by atoms with Gasteiger partial charge in [-0.3, -0.25) is 10.1 Å². The van der Waals surface area contributed by atoms with Crippen LogP contribution in [-0.2, 0) is 6.54 Å². The van der Waals surface area contributed by atoms with Gasteiger partial charge in [-0.25, -0.2) is 0 Å². The molecule has 7 heteroatoms.